The van der Waals surface area contributed by atoms with E-state index in [2.05, 4.69) is 4.98 Å². The van der Waals surface area contributed by atoms with Crippen LogP contribution < -0.4 is 4.74 Å². The first-order valence-corrected chi connectivity index (χ1v) is 5.98. The fourth-order valence-corrected chi connectivity index (χ4v) is 1.48. The third kappa shape index (κ3) is 3.13. The Hall–Kier alpha value is -2.30. The lowest BCUT2D eigenvalue weighted by atomic mass is 10.1. The van der Waals surface area contributed by atoms with Crippen molar-refractivity contribution in [1.29, 1.82) is 0 Å². The Kier molecular flexibility index (Phi) is 3.85. The normalized spacial score (nSPS) is 10.3. The SMILES string of the molecule is CCOC(=O)c1coc(Oc2ccc(C)c(C)c2)n1. The van der Waals surface area contributed by atoms with Crippen LogP contribution in [0.4, 0.5) is 0 Å². The van der Waals surface area contributed by atoms with Gasteiger partial charge in [0.25, 0.3) is 0 Å². The number of benzene rings is 1. The van der Waals surface area contributed by atoms with E-state index in [4.69, 9.17) is 13.9 Å². The summed E-state index contributed by atoms with van der Waals surface area (Å²) in [5, 5.41) is 0. The van der Waals surface area contributed by atoms with Crippen LogP contribution in [-0.2, 0) is 4.74 Å². The third-order valence-electron chi connectivity index (χ3n) is 2.65. The quantitative estimate of drug-likeness (QED) is 0.790. The van der Waals surface area contributed by atoms with Crippen molar-refractivity contribution in [2.45, 2.75) is 20.8 Å². The van der Waals surface area contributed by atoms with E-state index < -0.39 is 5.97 Å². The number of rotatable bonds is 4. The predicted octanol–water partition coefficient (Wildman–Crippen LogP) is 3.26. The Balaban J connectivity index is 2.11. The Morgan fingerprint density at radius 1 is 1.32 bits per heavy atom. The summed E-state index contributed by atoms with van der Waals surface area (Å²) in [6, 6.07) is 5.64. The van der Waals surface area contributed by atoms with E-state index in [0.717, 1.165) is 5.56 Å². The summed E-state index contributed by atoms with van der Waals surface area (Å²) >= 11 is 0. The number of nitrogens with zero attached hydrogens (tertiary/aromatic N) is 1. The average molecular weight is 261 g/mol. The maximum Gasteiger partial charge on any atom is 0.399 e. The van der Waals surface area contributed by atoms with Gasteiger partial charge in [-0.05, 0) is 44.0 Å². The molecular weight excluding hydrogens is 246 g/mol. The molecule has 0 bridgehead atoms. The highest BCUT2D eigenvalue weighted by Crippen LogP contribution is 2.23. The van der Waals surface area contributed by atoms with Gasteiger partial charge in [-0.25, -0.2) is 4.79 Å². The van der Waals surface area contributed by atoms with Crippen LogP contribution in [0.2, 0.25) is 0 Å². The molecule has 0 N–H and O–H groups in total. The molecule has 0 radical (unpaired) electrons. The molecule has 19 heavy (non-hydrogen) atoms. The number of esters is 1. The zero-order chi connectivity index (χ0) is 13.8. The molecule has 0 saturated heterocycles. The van der Waals surface area contributed by atoms with Gasteiger partial charge in [-0.1, -0.05) is 6.07 Å². The Morgan fingerprint density at radius 3 is 2.79 bits per heavy atom. The number of aromatic nitrogens is 1. The Bertz CT molecular complexity index is 589. The summed E-state index contributed by atoms with van der Waals surface area (Å²) in [6.07, 6.45) is 1.24. The van der Waals surface area contributed by atoms with Gasteiger partial charge in [0.2, 0.25) is 0 Å². The minimum Gasteiger partial charge on any atom is -0.461 e. The molecule has 0 spiro atoms. The number of carbonyl (C=O) groups excluding carboxylic acids is 1. The molecule has 1 aromatic heterocycles. The fourth-order valence-electron chi connectivity index (χ4n) is 1.48. The Labute approximate surface area is 111 Å². The van der Waals surface area contributed by atoms with E-state index in [-0.39, 0.29) is 11.8 Å². The van der Waals surface area contributed by atoms with Crippen LogP contribution in [-0.4, -0.2) is 17.6 Å². The molecule has 5 heteroatoms. The van der Waals surface area contributed by atoms with Crippen LogP contribution >= 0.6 is 0 Å². The van der Waals surface area contributed by atoms with Gasteiger partial charge in [0.15, 0.2) is 5.69 Å². The maximum atomic E-state index is 11.4. The molecule has 5 nitrogen and oxygen atoms in total. The van der Waals surface area contributed by atoms with Gasteiger partial charge in [-0.15, -0.1) is 0 Å². The van der Waals surface area contributed by atoms with Gasteiger partial charge in [0.1, 0.15) is 12.0 Å². The highest BCUT2D eigenvalue weighted by molar-refractivity contribution is 5.86. The summed E-state index contributed by atoms with van der Waals surface area (Å²) in [6.45, 7) is 6.02. The molecule has 1 heterocycles. The third-order valence-corrected chi connectivity index (χ3v) is 2.65. The number of aryl methyl sites for hydroxylation is 2. The van der Waals surface area contributed by atoms with Gasteiger partial charge >= 0.3 is 12.0 Å². The molecule has 1 aromatic carbocycles. The smallest absolute Gasteiger partial charge is 0.399 e. The van der Waals surface area contributed by atoms with Crippen molar-refractivity contribution in [3.05, 3.63) is 41.3 Å². The standard InChI is InChI=1S/C14H15NO4/c1-4-17-13(16)12-8-18-14(15-12)19-11-6-5-9(2)10(3)7-11/h5-8H,4H2,1-3H3. The minimum absolute atomic E-state index is 0.0197. The first kappa shape index (κ1) is 13.1. The minimum atomic E-state index is -0.527. The van der Waals surface area contributed by atoms with Crippen LogP contribution in [0.5, 0.6) is 11.8 Å². The zero-order valence-corrected chi connectivity index (χ0v) is 11.1. The largest absolute Gasteiger partial charge is 0.461 e. The molecule has 0 amide bonds. The van der Waals surface area contributed by atoms with Gasteiger partial charge < -0.3 is 13.9 Å². The van der Waals surface area contributed by atoms with Gasteiger partial charge in [0, 0.05) is 0 Å². The lowest BCUT2D eigenvalue weighted by molar-refractivity contribution is 0.0519. The molecule has 0 aliphatic heterocycles. The molecule has 2 aromatic rings. The van der Waals surface area contributed by atoms with E-state index in [1.165, 1.54) is 11.8 Å². The van der Waals surface area contributed by atoms with Crippen molar-refractivity contribution in [2.75, 3.05) is 6.61 Å². The highest BCUT2D eigenvalue weighted by atomic mass is 16.6. The summed E-state index contributed by atoms with van der Waals surface area (Å²) in [5.74, 6) is 0.0848. The van der Waals surface area contributed by atoms with E-state index in [9.17, 15) is 4.79 Å². The maximum absolute atomic E-state index is 11.4. The van der Waals surface area contributed by atoms with Crippen LogP contribution in [0.25, 0.3) is 0 Å². The van der Waals surface area contributed by atoms with E-state index in [1.807, 2.05) is 32.0 Å². The van der Waals surface area contributed by atoms with Crippen molar-refractivity contribution in [1.82, 2.24) is 4.98 Å². The van der Waals surface area contributed by atoms with Crippen molar-refractivity contribution in [3.8, 4) is 11.8 Å². The second-order valence-electron chi connectivity index (χ2n) is 4.07. The number of hydrogen-bond acceptors (Lipinski definition) is 5. The lowest BCUT2D eigenvalue weighted by Gasteiger charge is -2.03. The van der Waals surface area contributed by atoms with Crippen LogP contribution in [0.15, 0.2) is 28.9 Å². The summed E-state index contributed by atoms with van der Waals surface area (Å²) < 4.78 is 15.3. The molecule has 2 rings (SSSR count). The lowest BCUT2D eigenvalue weighted by Crippen LogP contribution is -2.04. The zero-order valence-electron chi connectivity index (χ0n) is 11.1. The predicted molar refractivity (Wildman–Crippen MR) is 68.4 cm³/mol. The number of ether oxygens (including phenoxy) is 2. The van der Waals surface area contributed by atoms with E-state index in [0.29, 0.717) is 12.4 Å². The molecule has 100 valence electrons. The second-order valence-corrected chi connectivity index (χ2v) is 4.07. The topological polar surface area (TPSA) is 61.6 Å². The second kappa shape index (κ2) is 5.56. The molecule has 0 saturated carbocycles. The van der Waals surface area contributed by atoms with Crippen LogP contribution in [0.1, 0.15) is 28.5 Å². The Morgan fingerprint density at radius 2 is 2.11 bits per heavy atom. The fraction of sp³-hybridized carbons (Fsp3) is 0.286. The molecule has 0 fully saturated rings. The average Bonchev–Trinajstić information content (AvgIpc) is 2.83. The van der Waals surface area contributed by atoms with Gasteiger partial charge in [0.05, 0.1) is 6.61 Å². The van der Waals surface area contributed by atoms with E-state index >= 15 is 0 Å². The van der Waals surface area contributed by atoms with Crippen molar-refractivity contribution >= 4 is 5.97 Å². The number of oxazole rings is 1. The van der Waals surface area contributed by atoms with Crippen LogP contribution in [0, 0.1) is 13.8 Å². The molecule has 0 unspecified atom stereocenters. The van der Waals surface area contributed by atoms with Gasteiger partial charge in [-0.2, -0.15) is 4.98 Å². The summed E-state index contributed by atoms with van der Waals surface area (Å²) in [5.41, 5.74) is 2.38. The summed E-state index contributed by atoms with van der Waals surface area (Å²) in [7, 11) is 0. The highest BCUT2D eigenvalue weighted by Gasteiger charge is 2.14. The molecule has 0 aliphatic rings. The number of hydrogen-bond donors (Lipinski definition) is 0. The van der Waals surface area contributed by atoms with Crippen molar-refractivity contribution in [2.24, 2.45) is 0 Å². The molecule has 0 aliphatic carbocycles. The molecule has 0 atom stereocenters. The first-order chi connectivity index (χ1) is 9.10. The van der Waals surface area contributed by atoms with Crippen LogP contribution in [0.3, 0.4) is 0 Å². The molecular formula is C14H15NO4. The van der Waals surface area contributed by atoms with Crippen molar-refractivity contribution < 1.29 is 18.7 Å². The summed E-state index contributed by atoms with van der Waals surface area (Å²) in [4.78, 5) is 15.3. The number of carbonyl (C=O) groups is 1. The van der Waals surface area contributed by atoms with E-state index in [1.54, 1.807) is 6.92 Å². The monoisotopic (exact) mass is 261 g/mol. The van der Waals surface area contributed by atoms with Gasteiger partial charge in [-0.3, -0.25) is 0 Å². The van der Waals surface area contributed by atoms with Crippen molar-refractivity contribution in [3.63, 3.8) is 0 Å². The first-order valence-electron chi connectivity index (χ1n) is 5.98.